The van der Waals surface area contributed by atoms with Gasteiger partial charge in [0.1, 0.15) is 11.9 Å². The number of pyridine rings is 1. The van der Waals surface area contributed by atoms with Crippen molar-refractivity contribution in [3.8, 4) is 0 Å². The van der Waals surface area contributed by atoms with Crippen molar-refractivity contribution >= 4 is 50.9 Å². The first kappa shape index (κ1) is 22.8. The van der Waals surface area contributed by atoms with Crippen LogP contribution in [-0.4, -0.2) is 37.8 Å². The number of primary amides is 2. The van der Waals surface area contributed by atoms with Crippen LogP contribution in [0.5, 0.6) is 0 Å². The molecule has 5 rings (SSSR count). The summed E-state index contributed by atoms with van der Waals surface area (Å²) in [6.07, 6.45) is 6.07. The molecule has 0 saturated carbocycles. The fraction of sp³-hybridized carbons (Fsp3) is 0.115. The number of anilines is 3. The third kappa shape index (κ3) is 4.78. The van der Waals surface area contributed by atoms with E-state index in [0.29, 0.717) is 18.5 Å². The van der Waals surface area contributed by atoms with Crippen LogP contribution in [0.1, 0.15) is 22.5 Å². The topological polar surface area (TPSA) is 165 Å². The van der Waals surface area contributed by atoms with Crippen LogP contribution in [0.4, 0.5) is 17.3 Å². The van der Waals surface area contributed by atoms with Crippen LogP contribution in [0.15, 0.2) is 73.2 Å². The third-order valence-corrected chi connectivity index (χ3v) is 5.91. The Bertz CT molecular complexity index is 1580. The highest BCUT2D eigenvalue weighted by Gasteiger charge is 2.19. The summed E-state index contributed by atoms with van der Waals surface area (Å²) in [6.45, 7) is 0. The van der Waals surface area contributed by atoms with Gasteiger partial charge in [0.05, 0.1) is 11.7 Å². The normalized spacial score (nSPS) is 11.9. The van der Waals surface area contributed by atoms with Crippen LogP contribution in [0.2, 0.25) is 0 Å². The number of nitrogens with two attached hydrogens (primary N) is 2. The number of hydrogen-bond donors (Lipinski definition) is 5. The van der Waals surface area contributed by atoms with E-state index in [1.165, 1.54) is 6.20 Å². The van der Waals surface area contributed by atoms with Gasteiger partial charge >= 0.3 is 0 Å². The average molecular weight is 481 g/mol. The summed E-state index contributed by atoms with van der Waals surface area (Å²) in [4.78, 5) is 40.4. The molecular formula is C26H24N8O2. The number of rotatable bonds is 9. The van der Waals surface area contributed by atoms with Crippen molar-refractivity contribution in [2.75, 3.05) is 10.6 Å². The van der Waals surface area contributed by atoms with E-state index in [0.717, 1.165) is 27.4 Å². The van der Waals surface area contributed by atoms with Gasteiger partial charge in [-0.1, -0.05) is 24.3 Å². The van der Waals surface area contributed by atoms with E-state index in [2.05, 4.69) is 30.6 Å². The average Bonchev–Trinajstić information content (AvgIpc) is 3.29. The number of hydrogen-bond acceptors (Lipinski definition) is 7. The SMILES string of the molecule is NC(=O)c1ncc(NC(CCc2c[nH]c3ccccc23)C(N)=O)nc1Nc1ccc2ncccc2c1. The Balaban J connectivity index is 1.37. The highest BCUT2D eigenvalue weighted by molar-refractivity contribution is 5.97. The van der Waals surface area contributed by atoms with Crippen LogP contribution in [0.25, 0.3) is 21.8 Å². The van der Waals surface area contributed by atoms with Crippen molar-refractivity contribution in [3.05, 3.63) is 84.4 Å². The number of nitrogens with one attached hydrogen (secondary N) is 3. The molecule has 3 aromatic heterocycles. The van der Waals surface area contributed by atoms with Gasteiger partial charge in [-0.2, -0.15) is 0 Å². The summed E-state index contributed by atoms with van der Waals surface area (Å²) in [5, 5.41) is 8.17. The Morgan fingerprint density at radius 1 is 1.03 bits per heavy atom. The first-order valence-corrected chi connectivity index (χ1v) is 11.4. The molecule has 10 nitrogen and oxygen atoms in total. The quantitative estimate of drug-likeness (QED) is 0.216. The molecule has 5 aromatic rings. The largest absolute Gasteiger partial charge is 0.368 e. The number of aryl methyl sites for hydroxylation is 1. The van der Waals surface area contributed by atoms with Gasteiger partial charge in [0.15, 0.2) is 11.5 Å². The molecule has 0 aliphatic carbocycles. The number of aromatic nitrogens is 4. The molecule has 36 heavy (non-hydrogen) atoms. The van der Waals surface area contributed by atoms with Crippen molar-refractivity contribution in [2.45, 2.75) is 18.9 Å². The van der Waals surface area contributed by atoms with E-state index in [-0.39, 0.29) is 17.3 Å². The van der Waals surface area contributed by atoms with Gasteiger partial charge in [-0.15, -0.1) is 0 Å². The van der Waals surface area contributed by atoms with E-state index >= 15 is 0 Å². The summed E-state index contributed by atoms with van der Waals surface area (Å²) in [7, 11) is 0. The van der Waals surface area contributed by atoms with Gasteiger partial charge < -0.3 is 27.1 Å². The zero-order chi connectivity index (χ0) is 25.1. The lowest BCUT2D eigenvalue weighted by Crippen LogP contribution is -2.36. The molecule has 1 atom stereocenters. The maximum Gasteiger partial charge on any atom is 0.271 e. The number of carbonyl (C=O) groups excluding carboxylic acids is 2. The van der Waals surface area contributed by atoms with Gasteiger partial charge in [0.2, 0.25) is 5.91 Å². The molecule has 0 radical (unpaired) electrons. The smallest absolute Gasteiger partial charge is 0.271 e. The molecule has 180 valence electrons. The molecule has 2 amide bonds. The van der Waals surface area contributed by atoms with Gasteiger partial charge in [0.25, 0.3) is 5.91 Å². The summed E-state index contributed by atoms with van der Waals surface area (Å²) < 4.78 is 0. The molecule has 0 aliphatic heterocycles. The molecular weight excluding hydrogens is 456 g/mol. The third-order valence-electron chi connectivity index (χ3n) is 5.91. The van der Waals surface area contributed by atoms with Crippen molar-refractivity contribution in [1.29, 1.82) is 0 Å². The Labute approximate surface area is 206 Å². The van der Waals surface area contributed by atoms with Crippen molar-refractivity contribution < 1.29 is 9.59 Å². The summed E-state index contributed by atoms with van der Waals surface area (Å²) in [6, 6.07) is 16.6. The number of aromatic amines is 1. The lowest BCUT2D eigenvalue weighted by molar-refractivity contribution is -0.118. The second kappa shape index (κ2) is 9.71. The number of carbonyl (C=O) groups is 2. The Kier molecular flexibility index (Phi) is 6.14. The van der Waals surface area contributed by atoms with Gasteiger partial charge in [-0.25, -0.2) is 9.97 Å². The summed E-state index contributed by atoms with van der Waals surface area (Å²) in [5.74, 6) is -0.805. The van der Waals surface area contributed by atoms with E-state index < -0.39 is 17.9 Å². The standard InChI is InChI=1S/C26H24N8O2/c27-24(35)21(9-7-16-13-30-20-6-2-1-5-18(16)20)33-22-14-31-23(25(28)36)26(34-22)32-17-8-10-19-15(12-17)4-3-11-29-19/h1-6,8,10-14,21,30H,7,9H2,(H2,27,35)(H2,28,36)(H2,32,33,34). The minimum Gasteiger partial charge on any atom is -0.368 e. The molecule has 0 bridgehead atoms. The highest BCUT2D eigenvalue weighted by atomic mass is 16.1. The van der Waals surface area contributed by atoms with Gasteiger partial charge in [-0.05, 0) is 48.7 Å². The lowest BCUT2D eigenvalue weighted by Gasteiger charge is -2.17. The summed E-state index contributed by atoms with van der Waals surface area (Å²) >= 11 is 0. The number of para-hydroxylation sites is 1. The number of nitrogens with zero attached hydrogens (tertiary/aromatic N) is 3. The van der Waals surface area contributed by atoms with Crippen molar-refractivity contribution in [2.24, 2.45) is 11.5 Å². The van der Waals surface area contributed by atoms with E-state index in [1.54, 1.807) is 6.20 Å². The number of fused-ring (bicyclic) bond motifs is 2. The maximum atomic E-state index is 12.2. The minimum atomic E-state index is -0.732. The van der Waals surface area contributed by atoms with Crippen molar-refractivity contribution in [3.63, 3.8) is 0 Å². The number of H-pyrrole nitrogens is 1. The maximum absolute atomic E-state index is 12.2. The Morgan fingerprint density at radius 2 is 1.89 bits per heavy atom. The molecule has 0 saturated heterocycles. The molecule has 1 unspecified atom stereocenters. The van der Waals surface area contributed by atoms with E-state index in [4.69, 9.17) is 11.5 Å². The van der Waals surface area contributed by atoms with Gasteiger partial charge in [0, 0.05) is 34.4 Å². The Morgan fingerprint density at radius 3 is 2.72 bits per heavy atom. The van der Waals surface area contributed by atoms with Gasteiger partial charge in [-0.3, -0.25) is 14.6 Å². The molecule has 0 fully saturated rings. The predicted octanol–water partition coefficient (Wildman–Crippen LogP) is 3.25. The number of benzene rings is 2. The number of amides is 2. The Hall–Kier alpha value is -4.99. The van der Waals surface area contributed by atoms with Crippen LogP contribution in [0, 0.1) is 0 Å². The molecule has 2 aromatic carbocycles. The van der Waals surface area contributed by atoms with Crippen LogP contribution in [0.3, 0.4) is 0 Å². The summed E-state index contributed by atoms with van der Waals surface area (Å²) in [5.41, 5.74) is 14.8. The first-order valence-electron chi connectivity index (χ1n) is 11.4. The molecule has 0 aliphatic rings. The fourth-order valence-corrected chi connectivity index (χ4v) is 4.12. The van der Waals surface area contributed by atoms with Crippen LogP contribution in [-0.2, 0) is 11.2 Å². The fourth-order valence-electron chi connectivity index (χ4n) is 4.12. The second-order valence-corrected chi connectivity index (χ2v) is 8.35. The molecule has 7 N–H and O–H groups in total. The zero-order valence-corrected chi connectivity index (χ0v) is 19.2. The van der Waals surface area contributed by atoms with Crippen LogP contribution < -0.4 is 22.1 Å². The van der Waals surface area contributed by atoms with E-state index in [9.17, 15) is 9.59 Å². The monoisotopic (exact) mass is 480 g/mol. The second-order valence-electron chi connectivity index (χ2n) is 8.35. The lowest BCUT2D eigenvalue weighted by atomic mass is 10.0. The molecule has 0 spiro atoms. The van der Waals surface area contributed by atoms with Crippen molar-refractivity contribution in [1.82, 2.24) is 19.9 Å². The van der Waals surface area contributed by atoms with Crippen LogP contribution >= 0.6 is 0 Å². The first-order chi connectivity index (χ1) is 17.5. The highest BCUT2D eigenvalue weighted by Crippen LogP contribution is 2.24. The zero-order valence-electron chi connectivity index (χ0n) is 19.2. The predicted molar refractivity (Wildman–Crippen MR) is 139 cm³/mol. The minimum absolute atomic E-state index is 0.0266. The molecule has 10 heteroatoms. The van der Waals surface area contributed by atoms with E-state index in [1.807, 2.05) is 60.8 Å². The molecule has 3 heterocycles.